The Labute approximate surface area is 142 Å². The van der Waals surface area contributed by atoms with Crippen LogP contribution in [0.1, 0.15) is 53.4 Å². The second kappa shape index (κ2) is 6.59. The summed E-state index contributed by atoms with van der Waals surface area (Å²) in [6.45, 7) is 7.29. The predicted octanol–water partition coefficient (Wildman–Crippen LogP) is 2.33. The average molecular weight is 328 g/mol. The molecule has 1 aliphatic rings. The van der Waals surface area contributed by atoms with Crippen LogP contribution in [-0.2, 0) is 6.54 Å². The molecule has 2 aromatic rings. The van der Waals surface area contributed by atoms with Gasteiger partial charge in [0, 0.05) is 32.4 Å². The van der Waals surface area contributed by atoms with E-state index in [-0.39, 0.29) is 11.9 Å². The first-order valence-electron chi connectivity index (χ1n) is 8.41. The maximum Gasteiger partial charge on any atom is 0.257 e. The Hall–Kier alpha value is -2.44. The number of nitrogens with one attached hydrogen (secondary N) is 1. The fourth-order valence-corrected chi connectivity index (χ4v) is 3.25. The number of hydrogen-bond donors (Lipinski definition) is 1. The van der Waals surface area contributed by atoms with E-state index in [1.165, 1.54) is 0 Å². The third-order valence-electron chi connectivity index (χ3n) is 4.47. The molecule has 0 radical (unpaired) electrons. The molecule has 24 heavy (non-hydrogen) atoms. The Kier molecular flexibility index (Phi) is 4.51. The van der Waals surface area contributed by atoms with E-state index >= 15 is 0 Å². The molecule has 1 aliphatic heterocycles. The van der Waals surface area contributed by atoms with Crippen molar-refractivity contribution in [2.45, 2.75) is 46.2 Å². The molecule has 1 fully saturated rings. The number of carbonyl (C=O) groups excluding carboxylic acids is 1. The summed E-state index contributed by atoms with van der Waals surface area (Å²) in [5.74, 6) is 1.54. The Balaban J connectivity index is 1.91. The van der Waals surface area contributed by atoms with Gasteiger partial charge in [-0.2, -0.15) is 5.10 Å². The Bertz CT molecular complexity index is 754. The lowest BCUT2D eigenvalue weighted by molar-refractivity contribution is 0.0732. The topological polar surface area (TPSA) is 75.9 Å². The van der Waals surface area contributed by atoms with Crippen LogP contribution in [0.4, 0.5) is 5.82 Å². The number of carbonyl (C=O) groups is 1. The van der Waals surface area contributed by atoms with Crippen molar-refractivity contribution in [2.24, 2.45) is 0 Å². The highest BCUT2D eigenvalue weighted by molar-refractivity contribution is 5.95. The van der Waals surface area contributed by atoms with Gasteiger partial charge in [-0.15, -0.1) is 0 Å². The van der Waals surface area contributed by atoms with E-state index in [0.29, 0.717) is 11.4 Å². The number of likely N-dealkylation sites (tertiary alicyclic amines) is 1. The smallest absolute Gasteiger partial charge is 0.257 e. The first-order chi connectivity index (χ1) is 11.5. The highest BCUT2D eigenvalue weighted by atomic mass is 16.2. The van der Waals surface area contributed by atoms with Crippen molar-refractivity contribution in [3.63, 3.8) is 0 Å². The van der Waals surface area contributed by atoms with Gasteiger partial charge in [0.15, 0.2) is 0 Å². The van der Waals surface area contributed by atoms with Gasteiger partial charge in [0.2, 0.25) is 0 Å². The van der Waals surface area contributed by atoms with E-state index < -0.39 is 0 Å². The molecule has 128 valence electrons. The molecule has 3 rings (SSSR count). The third kappa shape index (κ3) is 2.98. The van der Waals surface area contributed by atoms with Crippen molar-refractivity contribution in [3.8, 4) is 0 Å². The van der Waals surface area contributed by atoms with Gasteiger partial charge in [-0.3, -0.25) is 9.48 Å². The van der Waals surface area contributed by atoms with Gasteiger partial charge in [-0.05, 0) is 33.6 Å². The Morgan fingerprint density at radius 3 is 2.83 bits per heavy atom. The molecule has 0 unspecified atom stereocenters. The summed E-state index contributed by atoms with van der Waals surface area (Å²) in [6.07, 6.45) is 3.75. The van der Waals surface area contributed by atoms with E-state index in [1.54, 1.807) is 0 Å². The number of rotatable bonds is 4. The van der Waals surface area contributed by atoms with Gasteiger partial charge < -0.3 is 10.2 Å². The average Bonchev–Trinajstić information content (AvgIpc) is 3.20. The van der Waals surface area contributed by atoms with Crippen LogP contribution in [-0.4, -0.2) is 44.1 Å². The summed E-state index contributed by atoms with van der Waals surface area (Å²) in [5.41, 5.74) is 2.36. The minimum atomic E-state index is -0.00400. The number of nitrogens with zero attached hydrogens (tertiary/aromatic N) is 5. The zero-order chi connectivity index (χ0) is 17.3. The van der Waals surface area contributed by atoms with Crippen LogP contribution in [0, 0.1) is 13.8 Å². The molecule has 0 spiro atoms. The summed E-state index contributed by atoms with van der Waals surface area (Å²) in [5, 5.41) is 7.45. The standard InChI is InChI=1S/C17H24N6O/c1-5-22-10-13(11(2)21-22)17(24)23-8-6-7-15(23)14-9-16(18-4)20-12(3)19-14/h9-10,15H,5-8H2,1-4H3,(H,18,19,20)/t15-/m0/s1. The van der Waals surface area contributed by atoms with Crippen LogP contribution in [0.3, 0.4) is 0 Å². The molecule has 0 aliphatic carbocycles. The fraction of sp³-hybridized carbons (Fsp3) is 0.529. The molecule has 0 saturated carbocycles. The van der Waals surface area contributed by atoms with Crippen molar-refractivity contribution in [2.75, 3.05) is 18.9 Å². The van der Waals surface area contributed by atoms with Crippen LogP contribution in [0.25, 0.3) is 0 Å². The highest BCUT2D eigenvalue weighted by Gasteiger charge is 2.33. The minimum Gasteiger partial charge on any atom is -0.373 e. The summed E-state index contributed by atoms with van der Waals surface area (Å²) in [6, 6.07) is 1.93. The Morgan fingerprint density at radius 2 is 2.17 bits per heavy atom. The second-order valence-electron chi connectivity index (χ2n) is 6.12. The van der Waals surface area contributed by atoms with E-state index in [0.717, 1.165) is 43.1 Å². The SMILES string of the molecule is CCn1cc(C(=O)N2CCC[C@H]2c2cc(NC)nc(C)n2)c(C)n1. The maximum absolute atomic E-state index is 13.0. The monoisotopic (exact) mass is 328 g/mol. The predicted molar refractivity (Wildman–Crippen MR) is 92.0 cm³/mol. The molecule has 1 amide bonds. The van der Waals surface area contributed by atoms with Crippen molar-refractivity contribution in [3.05, 3.63) is 35.0 Å². The lowest BCUT2D eigenvalue weighted by Crippen LogP contribution is -2.31. The van der Waals surface area contributed by atoms with Crippen LogP contribution in [0.15, 0.2) is 12.3 Å². The molecule has 0 bridgehead atoms. The molecule has 1 atom stereocenters. The quantitative estimate of drug-likeness (QED) is 0.932. The number of aryl methyl sites for hydroxylation is 3. The molecular weight excluding hydrogens is 304 g/mol. The van der Waals surface area contributed by atoms with Gasteiger partial charge in [0.25, 0.3) is 5.91 Å². The second-order valence-corrected chi connectivity index (χ2v) is 6.12. The first kappa shape index (κ1) is 16.4. The normalized spacial score (nSPS) is 17.3. The number of aromatic nitrogens is 4. The summed E-state index contributed by atoms with van der Waals surface area (Å²) >= 11 is 0. The van der Waals surface area contributed by atoms with Crippen molar-refractivity contribution in [1.29, 1.82) is 0 Å². The Morgan fingerprint density at radius 1 is 1.38 bits per heavy atom. The van der Waals surface area contributed by atoms with Crippen molar-refractivity contribution in [1.82, 2.24) is 24.6 Å². The van der Waals surface area contributed by atoms with E-state index in [1.807, 2.05) is 49.7 Å². The minimum absolute atomic E-state index is 0.00400. The fourth-order valence-electron chi connectivity index (χ4n) is 3.25. The largest absolute Gasteiger partial charge is 0.373 e. The van der Waals surface area contributed by atoms with Gasteiger partial charge in [0.1, 0.15) is 11.6 Å². The highest BCUT2D eigenvalue weighted by Crippen LogP contribution is 2.33. The van der Waals surface area contributed by atoms with Crippen LogP contribution >= 0.6 is 0 Å². The zero-order valence-electron chi connectivity index (χ0n) is 14.7. The molecule has 3 heterocycles. The third-order valence-corrected chi connectivity index (χ3v) is 4.47. The summed E-state index contributed by atoms with van der Waals surface area (Å²) < 4.78 is 1.81. The van der Waals surface area contributed by atoms with Crippen LogP contribution in [0.2, 0.25) is 0 Å². The number of hydrogen-bond acceptors (Lipinski definition) is 5. The lowest BCUT2D eigenvalue weighted by atomic mass is 10.1. The number of anilines is 1. The van der Waals surface area contributed by atoms with Crippen molar-refractivity contribution >= 4 is 11.7 Å². The summed E-state index contributed by atoms with van der Waals surface area (Å²) in [7, 11) is 1.84. The zero-order valence-corrected chi connectivity index (χ0v) is 14.7. The molecule has 2 aromatic heterocycles. The van der Waals surface area contributed by atoms with E-state index in [2.05, 4.69) is 20.4 Å². The molecule has 0 aromatic carbocycles. The molecular formula is C17H24N6O. The molecule has 1 saturated heterocycles. The van der Waals surface area contributed by atoms with E-state index in [4.69, 9.17) is 0 Å². The van der Waals surface area contributed by atoms with Gasteiger partial charge in [0.05, 0.1) is 23.0 Å². The molecule has 7 nitrogen and oxygen atoms in total. The van der Waals surface area contributed by atoms with Gasteiger partial charge in [-0.25, -0.2) is 9.97 Å². The number of amides is 1. The van der Waals surface area contributed by atoms with Crippen LogP contribution in [0.5, 0.6) is 0 Å². The van der Waals surface area contributed by atoms with Crippen LogP contribution < -0.4 is 5.32 Å². The lowest BCUT2D eigenvalue weighted by Gasteiger charge is -2.24. The van der Waals surface area contributed by atoms with Gasteiger partial charge >= 0.3 is 0 Å². The maximum atomic E-state index is 13.0. The first-order valence-corrected chi connectivity index (χ1v) is 8.41. The van der Waals surface area contributed by atoms with Gasteiger partial charge in [-0.1, -0.05) is 0 Å². The van der Waals surface area contributed by atoms with E-state index in [9.17, 15) is 4.79 Å². The molecule has 7 heteroatoms. The molecule has 1 N–H and O–H groups in total. The summed E-state index contributed by atoms with van der Waals surface area (Å²) in [4.78, 5) is 23.9. The van der Waals surface area contributed by atoms with Crippen molar-refractivity contribution < 1.29 is 4.79 Å².